The van der Waals surface area contributed by atoms with Gasteiger partial charge >= 0.3 is 5.97 Å². The Kier molecular flexibility index (Phi) is 10.1. The van der Waals surface area contributed by atoms with Gasteiger partial charge in [-0.05, 0) is 25.9 Å². The fourth-order valence-electron chi connectivity index (χ4n) is 1.24. The summed E-state index contributed by atoms with van der Waals surface area (Å²) >= 11 is 5.51. The number of halogens is 1. The summed E-state index contributed by atoms with van der Waals surface area (Å²) in [5.41, 5.74) is 0. The number of ether oxygens (including phenoxy) is 1. The van der Waals surface area contributed by atoms with Gasteiger partial charge in [0.05, 0.1) is 13.0 Å². The molecule has 0 rings (SSSR count). The number of esters is 1. The van der Waals surface area contributed by atoms with Crippen LogP contribution in [0.2, 0.25) is 0 Å². The van der Waals surface area contributed by atoms with E-state index in [4.69, 9.17) is 16.3 Å². The van der Waals surface area contributed by atoms with E-state index in [1.54, 1.807) is 0 Å². The molecule has 4 heteroatoms. The second kappa shape index (κ2) is 10.2. The third kappa shape index (κ3) is 8.70. The molecule has 3 nitrogen and oxygen atoms in total. The zero-order chi connectivity index (χ0) is 11.5. The number of carbonyl (C=O) groups excluding carboxylic acids is 1. The lowest BCUT2D eigenvalue weighted by Gasteiger charge is -2.16. The number of unbranched alkanes of at least 4 members (excludes halogenated alkanes) is 1. The van der Waals surface area contributed by atoms with Crippen LogP contribution in [0.5, 0.6) is 0 Å². The zero-order valence-corrected chi connectivity index (χ0v) is 10.6. The van der Waals surface area contributed by atoms with Crippen LogP contribution < -0.4 is 0 Å². The van der Waals surface area contributed by atoms with Crippen molar-refractivity contribution >= 4 is 17.6 Å². The fourth-order valence-corrected chi connectivity index (χ4v) is 1.43. The third-order valence-corrected chi connectivity index (χ3v) is 2.58. The Morgan fingerprint density at radius 3 is 2.47 bits per heavy atom. The number of nitrogens with zero attached hydrogens (tertiary/aromatic N) is 1. The molecule has 0 aliphatic rings. The van der Waals surface area contributed by atoms with Crippen LogP contribution in [-0.4, -0.2) is 43.0 Å². The summed E-state index contributed by atoms with van der Waals surface area (Å²) in [5.74, 6) is 0.535. The largest absolute Gasteiger partial charge is 0.466 e. The second-order valence-corrected chi connectivity index (χ2v) is 3.77. The summed E-state index contributed by atoms with van der Waals surface area (Å²) in [6.45, 7) is 7.45. The van der Waals surface area contributed by atoms with Gasteiger partial charge in [-0.1, -0.05) is 13.8 Å². The predicted molar refractivity (Wildman–Crippen MR) is 63.3 cm³/mol. The molecular formula is C11H22ClNO2. The Morgan fingerprint density at radius 2 is 1.93 bits per heavy atom. The standard InChI is InChI=1S/C11H22ClNO2/c1-3-13(4-2)9-7-11(14)15-10-6-5-8-12/h3-10H2,1-2H3. The lowest BCUT2D eigenvalue weighted by Crippen LogP contribution is -2.26. The van der Waals surface area contributed by atoms with Crippen molar-refractivity contribution < 1.29 is 9.53 Å². The van der Waals surface area contributed by atoms with Gasteiger partial charge in [-0.3, -0.25) is 4.79 Å². The molecule has 15 heavy (non-hydrogen) atoms. The molecule has 0 aromatic rings. The molecule has 0 unspecified atom stereocenters. The number of alkyl halides is 1. The zero-order valence-electron chi connectivity index (χ0n) is 9.80. The van der Waals surface area contributed by atoms with Crippen molar-refractivity contribution in [3.05, 3.63) is 0 Å². The van der Waals surface area contributed by atoms with Crippen molar-refractivity contribution in [2.45, 2.75) is 33.1 Å². The van der Waals surface area contributed by atoms with Crippen molar-refractivity contribution in [2.75, 3.05) is 32.1 Å². The van der Waals surface area contributed by atoms with Gasteiger partial charge in [0.1, 0.15) is 0 Å². The molecule has 0 amide bonds. The van der Waals surface area contributed by atoms with E-state index < -0.39 is 0 Å². The molecular weight excluding hydrogens is 214 g/mol. The predicted octanol–water partition coefficient (Wildman–Crippen LogP) is 2.28. The molecule has 0 aliphatic heterocycles. The molecule has 0 fully saturated rings. The maximum absolute atomic E-state index is 11.3. The van der Waals surface area contributed by atoms with E-state index in [2.05, 4.69) is 18.7 Å². The molecule has 0 saturated carbocycles. The average molecular weight is 236 g/mol. The topological polar surface area (TPSA) is 29.5 Å². The number of rotatable bonds is 9. The molecule has 0 bridgehead atoms. The van der Waals surface area contributed by atoms with Crippen LogP contribution in [-0.2, 0) is 9.53 Å². The van der Waals surface area contributed by atoms with Crippen molar-refractivity contribution in [3.8, 4) is 0 Å². The Balaban J connectivity index is 3.40. The van der Waals surface area contributed by atoms with Crippen molar-refractivity contribution in [3.63, 3.8) is 0 Å². The molecule has 0 radical (unpaired) electrons. The molecule has 0 aromatic heterocycles. The van der Waals surface area contributed by atoms with E-state index >= 15 is 0 Å². The van der Waals surface area contributed by atoms with Gasteiger partial charge in [-0.15, -0.1) is 11.6 Å². The van der Waals surface area contributed by atoms with Crippen molar-refractivity contribution in [1.82, 2.24) is 4.90 Å². The smallest absolute Gasteiger partial charge is 0.307 e. The van der Waals surface area contributed by atoms with E-state index in [0.717, 1.165) is 32.5 Å². The average Bonchev–Trinajstić information content (AvgIpc) is 2.26. The second-order valence-electron chi connectivity index (χ2n) is 3.39. The Labute approximate surface area is 97.7 Å². The van der Waals surface area contributed by atoms with E-state index in [9.17, 15) is 4.79 Å². The van der Waals surface area contributed by atoms with Gasteiger partial charge in [0.25, 0.3) is 0 Å². The van der Waals surface area contributed by atoms with Crippen LogP contribution in [0.3, 0.4) is 0 Å². The first-order valence-electron chi connectivity index (χ1n) is 5.68. The van der Waals surface area contributed by atoms with Gasteiger partial charge in [-0.2, -0.15) is 0 Å². The highest BCUT2D eigenvalue weighted by molar-refractivity contribution is 6.17. The monoisotopic (exact) mass is 235 g/mol. The van der Waals surface area contributed by atoms with E-state index in [1.165, 1.54) is 0 Å². The lowest BCUT2D eigenvalue weighted by molar-refractivity contribution is -0.144. The van der Waals surface area contributed by atoms with Crippen LogP contribution in [0.15, 0.2) is 0 Å². The molecule has 0 heterocycles. The minimum absolute atomic E-state index is 0.100. The van der Waals surface area contributed by atoms with Gasteiger partial charge in [0, 0.05) is 12.4 Å². The Morgan fingerprint density at radius 1 is 1.27 bits per heavy atom. The normalized spacial score (nSPS) is 10.7. The SMILES string of the molecule is CCN(CC)CCC(=O)OCCCCCl. The van der Waals surface area contributed by atoms with Crippen LogP contribution in [0.4, 0.5) is 0 Å². The van der Waals surface area contributed by atoms with Crippen LogP contribution in [0, 0.1) is 0 Å². The minimum atomic E-state index is -0.100. The summed E-state index contributed by atoms with van der Waals surface area (Å²) < 4.78 is 5.06. The van der Waals surface area contributed by atoms with Crippen molar-refractivity contribution in [1.29, 1.82) is 0 Å². The van der Waals surface area contributed by atoms with Crippen LogP contribution in [0.1, 0.15) is 33.1 Å². The fraction of sp³-hybridized carbons (Fsp3) is 0.909. The first-order chi connectivity index (χ1) is 7.24. The van der Waals surface area contributed by atoms with Crippen LogP contribution in [0.25, 0.3) is 0 Å². The first-order valence-corrected chi connectivity index (χ1v) is 6.22. The van der Waals surface area contributed by atoms with Gasteiger partial charge in [-0.25, -0.2) is 0 Å². The lowest BCUT2D eigenvalue weighted by atomic mass is 10.3. The number of hydrogen-bond donors (Lipinski definition) is 0. The Bertz CT molecular complexity index is 161. The summed E-state index contributed by atoms with van der Waals surface area (Å²) in [6.07, 6.45) is 2.26. The summed E-state index contributed by atoms with van der Waals surface area (Å²) in [6, 6.07) is 0. The molecule has 90 valence electrons. The maximum Gasteiger partial charge on any atom is 0.307 e. The molecule has 0 N–H and O–H groups in total. The Hall–Kier alpha value is -0.280. The highest BCUT2D eigenvalue weighted by atomic mass is 35.5. The van der Waals surface area contributed by atoms with Crippen LogP contribution >= 0.6 is 11.6 Å². The third-order valence-electron chi connectivity index (χ3n) is 2.32. The van der Waals surface area contributed by atoms with E-state index in [1.807, 2.05) is 0 Å². The van der Waals surface area contributed by atoms with Crippen molar-refractivity contribution in [2.24, 2.45) is 0 Å². The quantitative estimate of drug-likeness (QED) is 0.349. The summed E-state index contributed by atoms with van der Waals surface area (Å²) in [7, 11) is 0. The summed E-state index contributed by atoms with van der Waals surface area (Å²) in [5, 5.41) is 0. The van der Waals surface area contributed by atoms with Gasteiger partial charge in [0.15, 0.2) is 0 Å². The number of hydrogen-bond acceptors (Lipinski definition) is 3. The van der Waals surface area contributed by atoms with Gasteiger partial charge < -0.3 is 9.64 Å². The van der Waals surface area contributed by atoms with E-state index in [0.29, 0.717) is 18.9 Å². The summed E-state index contributed by atoms with van der Waals surface area (Å²) in [4.78, 5) is 13.5. The van der Waals surface area contributed by atoms with Gasteiger partial charge in [0.2, 0.25) is 0 Å². The molecule has 0 aromatic carbocycles. The molecule has 0 spiro atoms. The molecule has 0 aliphatic carbocycles. The van der Waals surface area contributed by atoms with E-state index in [-0.39, 0.29) is 5.97 Å². The highest BCUT2D eigenvalue weighted by Gasteiger charge is 2.05. The molecule has 0 saturated heterocycles. The highest BCUT2D eigenvalue weighted by Crippen LogP contribution is 1.96. The maximum atomic E-state index is 11.3. The molecule has 0 atom stereocenters. The first kappa shape index (κ1) is 14.7. The minimum Gasteiger partial charge on any atom is -0.466 e. The number of carbonyl (C=O) groups is 1.